The first-order chi connectivity index (χ1) is 10.3. The molecule has 0 aromatic heterocycles. The van der Waals surface area contributed by atoms with E-state index in [1.54, 1.807) is 14.2 Å². The van der Waals surface area contributed by atoms with Crippen molar-refractivity contribution in [2.24, 2.45) is 4.99 Å². The zero-order chi connectivity index (χ0) is 15.3. The Morgan fingerprint density at radius 2 is 2.10 bits per heavy atom. The van der Waals surface area contributed by atoms with Gasteiger partial charge in [0.1, 0.15) is 12.4 Å². The second-order valence-corrected chi connectivity index (χ2v) is 4.69. The minimum Gasteiger partial charge on any atom is -0.491 e. The van der Waals surface area contributed by atoms with Crippen LogP contribution in [0.1, 0.15) is 25.3 Å². The zero-order valence-corrected chi connectivity index (χ0v) is 13.3. The molecule has 1 aromatic rings. The SMILES string of the molecule is CCCCNC(=NC)NCc1cccc(OCCOC)c1. The third-order valence-electron chi connectivity index (χ3n) is 2.96. The van der Waals surface area contributed by atoms with Crippen molar-refractivity contribution in [3.8, 4) is 5.75 Å². The number of benzene rings is 1. The van der Waals surface area contributed by atoms with Gasteiger partial charge < -0.3 is 20.1 Å². The van der Waals surface area contributed by atoms with Crippen molar-refractivity contribution in [2.45, 2.75) is 26.3 Å². The summed E-state index contributed by atoms with van der Waals surface area (Å²) in [5.74, 6) is 1.69. The molecule has 0 bridgehead atoms. The van der Waals surface area contributed by atoms with Crippen LogP contribution in [0, 0.1) is 0 Å². The molecule has 21 heavy (non-hydrogen) atoms. The van der Waals surface area contributed by atoms with E-state index in [0.29, 0.717) is 19.8 Å². The molecule has 0 saturated carbocycles. The standard InChI is InChI=1S/C16H27N3O2/c1-4-5-9-18-16(17-2)19-13-14-7-6-8-15(12-14)21-11-10-20-3/h6-8,12H,4-5,9-11,13H2,1-3H3,(H2,17,18,19). The van der Waals surface area contributed by atoms with Crippen LogP contribution in [-0.2, 0) is 11.3 Å². The van der Waals surface area contributed by atoms with E-state index >= 15 is 0 Å². The predicted molar refractivity (Wildman–Crippen MR) is 86.9 cm³/mol. The summed E-state index contributed by atoms with van der Waals surface area (Å²) in [4.78, 5) is 4.20. The maximum Gasteiger partial charge on any atom is 0.191 e. The maximum absolute atomic E-state index is 5.60. The third kappa shape index (κ3) is 7.56. The first-order valence-corrected chi connectivity index (χ1v) is 7.45. The number of hydrogen-bond acceptors (Lipinski definition) is 3. The van der Waals surface area contributed by atoms with E-state index in [9.17, 15) is 0 Å². The van der Waals surface area contributed by atoms with Gasteiger partial charge in [-0.3, -0.25) is 4.99 Å². The lowest BCUT2D eigenvalue weighted by atomic mass is 10.2. The molecule has 118 valence electrons. The lowest BCUT2D eigenvalue weighted by Gasteiger charge is -2.12. The van der Waals surface area contributed by atoms with Crippen LogP contribution in [0.2, 0.25) is 0 Å². The summed E-state index contributed by atoms with van der Waals surface area (Å²) < 4.78 is 10.6. The van der Waals surface area contributed by atoms with Crippen molar-refractivity contribution in [1.82, 2.24) is 10.6 Å². The Morgan fingerprint density at radius 3 is 2.81 bits per heavy atom. The number of methoxy groups -OCH3 is 1. The number of nitrogens with one attached hydrogen (secondary N) is 2. The molecule has 0 atom stereocenters. The summed E-state index contributed by atoms with van der Waals surface area (Å²) in [5, 5.41) is 6.59. The van der Waals surface area contributed by atoms with E-state index in [0.717, 1.165) is 30.2 Å². The second-order valence-electron chi connectivity index (χ2n) is 4.69. The minimum absolute atomic E-state index is 0.563. The van der Waals surface area contributed by atoms with E-state index < -0.39 is 0 Å². The van der Waals surface area contributed by atoms with E-state index in [4.69, 9.17) is 9.47 Å². The van der Waals surface area contributed by atoms with Gasteiger partial charge in [-0.05, 0) is 24.1 Å². The second kappa shape index (κ2) is 11.0. The van der Waals surface area contributed by atoms with Crippen LogP contribution in [0.25, 0.3) is 0 Å². The average Bonchev–Trinajstić information content (AvgIpc) is 2.51. The number of hydrogen-bond donors (Lipinski definition) is 2. The van der Waals surface area contributed by atoms with Crippen LogP contribution >= 0.6 is 0 Å². The van der Waals surface area contributed by atoms with Gasteiger partial charge in [-0.1, -0.05) is 25.5 Å². The van der Waals surface area contributed by atoms with Gasteiger partial charge in [0, 0.05) is 27.2 Å². The van der Waals surface area contributed by atoms with Crippen molar-refractivity contribution in [1.29, 1.82) is 0 Å². The molecule has 0 heterocycles. The molecule has 5 nitrogen and oxygen atoms in total. The van der Waals surface area contributed by atoms with Gasteiger partial charge in [-0.2, -0.15) is 0 Å². The number of guanidine groups is 1. The normalized spacial score (nSPS) is 11.3. The molecule has 2 N–H and O–H groups in total. The molecule has 0 fully saturated rings. The predicted octanol–water partition coefficient (Wildman–Crippen LogP) is 2.18. The highest BCUT2D eigenvalue weighted by Crippen LogP contribution is 2.13. The molecular weight excluding hydrogens is 266 g/mol. The highest BCUT2D eigenvalue weighted by molar-refractivity contribution is 5.79. The van der Waals surface area contributed by atoms with Gasteiger partial charge in [0.2, 0.25) is 0 Å². The number of aliphatic imine (C=N–C) groups is 1. The Balaban J connectivity index is 2.41. The first-order valence-electron chi connectivity index (χ1n) is 7.45. The summed E-state index contributed by atoms with van der Waals surface area (Å²) in [5.41, 5.74) is 1.16. The topological polar surface area (TPSA) is 54.9 Å². The third-order valence-corrected chi connectivity index (χ3v) is 2.96. The molecule has 1 rings (SSSR count). The van der Waals surface area contributed by atoms with Crippen LogP contribution in [0.5, 0.6) is 5.75 Å². The van der Waals surface area contributed by atoms with Crippen LogP contribution in [0.3, 0.4) is 0 Å². The first kappa shape index (κ1) is 17.3. The molecular formula is C16H27N3O2. The monoisotopic (exact) mass is 293 g/mol. The van der Waals surface area contributed by atoms with E-state index in [1.165, 1.54) is 6.42 Å². The fourth-order valence-electron chi connectivity index (χ4n) is 1.78. The molecule has 0 unspecified atom stereocenters. The zero-order valence-electron chi connectivity index (χ0n) is 13.3. The van der Waals surface area contributed by atoms with E-state index in [2.05, 4.69) is 28.6 Å². The van der Waals surface area contributed by atoms with Crippen molar-refractivity contribution in [3.63, 3.8) is 0 Å². The Bertz CT molecular complexity index is 422. The highest BCUT2D eigenvalue weighted by atomic mass is 16.5. The summed E-state index contributed by atoms with van der Waals surface area (Å²) in [6.45, 7) is 4.99. The van der Waals surface area contributed by atoms with Gasteiger partial charge in [0.25, 0.3) is 0 Å². The molecule has 0 aliphatic carbocycles. The van der Waals surface area contributed by atoms with Crippen molar-refractivity contribution >= 4 is 5.96 Å². The number of ether oxygens (including phenoxy) is 2. The molecule has 5 heteroatoms. The van der Waals surface area contributed by atoms with Crippen molar-refractivity contribution in [3.05, 3.63) is 29.8 Å². The fraction of sp³-hybridized carbons (Fsp3) is 0.562. The summed E-state index contributed by atoms with van der Waals surface area (Å²) in [6.07, 6.45) is 2.31. The number of unbranched alkanes of at least 4 members (excludes halogenated alkanes) is 1. The summed E-state index contributed by atoms with van der Waals surface area (Å²) in [7, 11) is 3.45. The molecule has 0 aliphatic heterocycles. The van der Waals surface area contributed by atoms with Crippen LogP contribution in [0.15, 0.2) is 29.3 Å². The quantitative estimate of drug-likeness (QED) is 0.416. The Hall–Kier alpha value is -1.75. The molecule has 0 aliphatic rings. The Labute approximate surface area is 127 Å². The van der Waals surface area contributed by atoms with E-state index in [1.807, 2.05) is 18.2 Å². The van der Waals surface area contributed by atoms with Gasteiger partial charge in [0.15, 0.2) is 5.96 Å². The van der Waals surface area contributed by atoms with Crippen molar-refractivity contribution in [2.75, 3.05) is 33.9 Å². The lowest BCUT2D eigenvalue weighted by Crippen LogP contribution is -2.37. The van der Waals surface area contributed by atoms with Crippen molar-refractivity contribution < 1.29 is 9.47 Å². The van der Waals surface area contributed by atoms with Crippen LogP contribution in [-0.4, -0.2) is 39.9 Å². The maximum atomic E-state index is 5.60. The molecule has 0 spiro atoms. The number of nitrogens with zero attached hydrogens (tertiary/aromatic N) is 1. The van der Waals surface area contributed by atoms with Gasteiger partial charge in [0.05, 0.1) is 6.61 Å². The minimum atomic E-state index is 0.563. The smallest absolute Gasteiger partial charge is 0.191 e. The molecule has 0 saturated heterocycles. The summed E-state index contributed by atoms with van der Waals surface area (Å²) in [6, 6.07) is 8.04. The molecule has 0 amide bonds. The lowest BCUT2D eigenvalue weighted by molar-refractivity contribution is 0.146. The average molecular weight is 293 g/mol. The molecule has 0 radical (unpaired) electrons. The fourth-order valence-corrected chi connectivity index (χ4v) is 1.78. The largest absolute Gasteiger partial charge is 0.491 e. The van der Waals surface area contributed by atoms with E-state index in [-0.39, 0.29) is 0 Å². The van der Waals surface area contributed by atoms with Crippen LogP contribution in [0.4, 0.5) is 0 Å². The number of rotatable bonds is 9. The van der Waals surface area contributed by atoms with Crippen LogP contribution < -0.4 is 15.4 Å². The Morgan fingerprint density at radius 1 is 1.24 bits per heavy atom. The Kier molecular flexibility index (Phi) is 9.04. The molecule has 1 aromatic carbocycles. The highest BCUT2D eigenvalue weighted by Gasteiger charge is 2.00. The van der Waals surface area contributed by atoms with Gasteiger partial charge in [-0.25, -0.2) is 0 Å². The van der Waals surface area contributed by atoms with Gasteiger partial charge >= 0.3 is 0 Å². The van der Waals surface area contributed by atoms with Gasteiger partial charge in [-0.15, -0.1) is 0 Å². The summed E-state index contributed by atoms with van der Waals surface area (Å²) >= 11 is 0.